The predicted molar refractivity (Wildman–Crippen MR) is 82.6 cm³/mol. The van der Waals surface area contributed by atoms with Gasteiger partial charge in [0.25, 0.3) is 0 Å². The van der Waals surface area contributed by atoms with Crippen molar-refractivity contribution in [3.05, 3.63) is 44.8 Å². The lowest BCUT2D eigenvalue weighted by Crippen LogP contribution is -2.22. The number of thiazole rings is 1. The molecule has 0 aliphatic rings. The lowest BCUT2D eigenvalue weighted by atomic mass is 10.2. The van der Waals surface area contributed by atoms with Crippen LogP contribution < -0.4 is 10.1 Å². The third-order valence-corrected chi connectivity index (χ3v) is 3.71. The highest BCUT2D eigenvalue weighted by Crippen LogP contribution is 2.24. The van der Waals surface area contributed by atoms with Gasteiger partial charge in [-0.25, -0.2) is 4.98 Å². The van der Waals surface area contributed by atoms with Crippen molar-refractivity contribution in [2.24, 2.45) is 0 Å². The van der Waals surface area contributed by atoms with E-state index in [1.807, 2.05) is 23.0 Å². The highest BCUT2D eigenvalue weighted by molar-refractivity contribution is 9.10. The summed E-state index contributed by atoms with van der Waals surface area (Å²) >= 11 is 5.08. The standard InChI is InChI=1S/C14H17BrN2OS/c1-10(2)16-6-11-5-12(15)3-4-14(11)18-7-13-8-19-9-17-13/h3-5,8-10,16H,6-7H2,1-2H3. The van der Waals surface area contributed by atoms with Gasteiger partial charge in [0.1, 0.15) is 12.4 Å². The van der Waals surface area contributed by atoms with Crippen LogP contribution in [-0.4, -0.2) is 11.0 Å². The molecule has 0 amide bonds. The van der Waals surface area contributed by atoms with Crippen LogP contribution in [0, 0.1) is 0 Å². The summed E-state index contributed by atoms with van der Waals surface area (Å²) < 4.78 is 6.92. The molecule has 0 aliphatic heterocycles. The summed E-state index contributed by atoms with van der Waals surface area (Å²) in [4.78, 5) is 4.22. The van der Waals surface area contributed by atoms with E-state index in [4.69, 9.17) is 4.74 Å². The van der Waals surface area contributed by atoms with Gasteiger partial charge >= 0.3 is 0 Å². The highest BCUT2D eigenvalue weighted by atomic mass is 79.9. The molecule has 0 spiro atoms. The fraction of sp³-hybridized carbons (Fsp3) is 0.357. The first-order valence-corrected chi connectivity index (χ1v) is 7.90. The van der Waals surface area contributed by atoms with E-state index >= 15 is 0 Å². The summed E-state index contributed by atoms with van der Waals surface area (Å²) in [5, 5.41) is 5.41. The zero-order valence-electron chi connectivity index (χ0n) is 11.0. The molecule has 3 nitrogen and oxygen atoms in total. The van der Waals surface area contributed by atoms with E-state index in [0.717, 1.165) is 28.0 Å². The van der Waals surface area contributed by atoms with Crippen LogP contribution in [-0.2, 0) is 13.2 Å². The van der Waals surface area contributed by atoms with Crippen molar-refractivity contribution in [3.63, 3.8) is 0 Å². The highest BCUT2D eigenvalue weighted by Gasteiger charge is 2.06. The van der Waals surface area contributed by atoms with Crippen LogP contribution in [0.1, 0.15) is 25.1 Å². The van der Waals surface area contributed by atoms with Gasteiger partial charge in [0.2, 0.25) is 0 Å². The second kappa shape index (κ2) is 7.03. The Hall–Kier alpha value is -0.910. The van der Waals surface area contributed by atoms with Crippen molar-refractivity contribution in [1.82, 2.24) is 10.3 Å². The van der Waals surface area contributed by atoms with Crippen molar-refractivity contribution in [2.75, 3.05) is 0 Å². The van der Waals surface area contributed by atoms with E-state index in [-0.39, 0.29) is 0 Å². The maximum atomic E-state index is 5.85. The average Bonchev–Trinajstić information content (AvgIpc) is 2.88. The number of nitrogens with zero attached hydrogens (tertiary/aromatic N) is 1. The lowest BCUT2D eigenvalue weighted by Gasteiger charge is -2.13. The number of hydrogen-bond acceptors (Lipinski definition) is 4. The summed E-state index contributed by atoms with van der Waals surface area (Å²) in [6.07, 6.45) is 0. The Morgan fingerprint density at radius 1 is 1.42 bits per heavy atom. The fourth-order valence-corrected chi connectivity index (χ4v) is 2.55. The van der Waals surface area contributed by atoms with Crippen molar-refractivity contribution >= 4 is 27.3 Å². The topological polar surface area (TPSA) is 34.1 Å². The number of rotatable bonds is 6. The van der Waals surface area contributed by atoms with Gasteiger partial charge in [-0.3, -0.25) is 0 Å². The molecule has 102 valence electrons. The Balaban J connectivity index is 2.05. The van der Waals surface area contributed by atoms with Gasteiger partial charge < -0.3 is 10.1 Å². The quantitative estimate of drug-likeness (QED) is 0.863. The van der Waals surface area contributed by atoms with E-state index in [0.29, 0.717) is 12.6 Å². The molecule has 0 aliphatic carbocycles. The van der Waals surface area contributed by atoms with Gasteiger partial charge in [0, 0.05) is 28.0 Å². The number of halogens is 1. The Morgan fingerprint density at radius 3 is 2.95 bits per heavy atom. The van der Waals surface area contributed by atoms with E-state index in [9.17, 15) is 0 Å². The molecular formula is C14H17BrN2OS. The Labute approximate surface area is 126 Å². The molecule has 1 aromatic heterocycles. The van der Waals surface area contributed by atoms with Crippen LogP contribution in [0.25, 0.3) is 0 Å². The molecule has 0 bridgehead atoms. The van der Waals surface area contributed by atoms with Crippen LogP contribution in [0.4, 0.5) is 0 Å². The summed E-state index contributed by atoms with van der Waals surface area (Å²) in [5.41, 5.74) is 3.94. The zero-order valence-corrected chi connectivity index (χ0v) is 13.4. The molecule has 1 N–H and O–H groups in total. The average molecular weight is 341 g/mol. The van der Waals surface area contributed by atoms with Crippen LogP contribution in [0.15, 0.2) is 33.6 Å². The number of aromatic nitrogens is 1. The minimum atomic E-state index is 0.449. The van der Waals surface area contributed by atoms with Crippen LogP contribution in [0.3, 0.4) is 0 Å². The normalized spacial score (nSPS) is 10.9. The second-order valence-electron chi connectivity index (χ2n) is 4.56. The molecule has 0 atom stereocenters. The number of nitrogens with one attached hydrogen (secondary N) is 1. The summed E-state index contributed by atoms with van der Waals surface area (Å²) in [6, 6.07) is 6.53. The Kier molecular flexibility index (Phi) is 5.36. The van der Waals surface area contributed by atoms with E-state index in [2.05, 4.69) is 46.1 Å². The second-order valence-corrected chi connectivity index (χ2v) is 6.19. The van der Waals surface area contributed by atoms with Crippen molar-refractivity contribution in [3.8, 4) is 5.75 Å². The Bertz CT molecular complexity index is 514. The van der Waals surface area contributed by atoms with E-state index < -0.39 is 0 Å². The van der Waals surface area contributed by atoms with E-state index in [1.165, 1.54) is 0 Å². The van der Waals surface area contributed by atoms with Crippen molar-refractivity contribution < 1.29 is 4.74 Å². The molecular weight excluding hydrogens is 324 g/mol. The molecule has 0 unspecified atom stereocenters. The number of ether oxygens (including phenoxy) is 1. The maximum absolute atomic E-state index is 5.85. The summed E-state index contributed by atoms with van der Waals surface area (Å²) in [5.74, 6) is 0.907. The number of benzene rings is 1. The van der Waals surface area contributed by atoms with Crippen LogP contribution >= 0.6 is 27.3 Å². The predicted octanol–water partition coefficient (Wildman–Crippen LogP) is 3.98. The molecule has 0 saturated carbocycles. The minimum absolute atomic E-state index is 0.449. The molecule has 1 heterocycles. The molecule has 19 heavy (non-hydrogen) atoms. The van der Waals surface area contributed by atoms with Crippen molar-refractivity contribution in [2.45, 2.75) is 33.0 Å². The largest absolute Gasteiger partial charge is 0.487 e. The molecule has 0 fully saturated rings. The lowest BCUT2D eigenvalue weighted by molar-refractivity contribution is 0.297. The smallest absolute Gasteiger partial charge is 0.131 e. The zero-order chi connectivity index (χ0) is 13.7. The number of hydrogen-bond donors (Lipinski definition) is 1. The molecule has 0 radical (unpaired) electrons. The fourth-order valence-electron chi connectivity index (χ4n) is 1.60. The monoisotopic (exact) mass is 340 g/mol. The molecule has 2 aromatic rings. The van der Waals surface area contributed by atoms with Gasteiger partial charge in [-0.15, -0.1) is 11.3 Å². The first-order chi connectivity index (χ1) is 9.15. The van der Waals surface area contributed by atoms with E-state index in [1.54, 1.807) is 11.3 Å². The summed E-state index contributed by atoms with van der Waals surface area (Å²) in [6.45, 7) is 5.57. The first-order valence-electron chi connectivity index (χ1n) is 6.17. The van der Waals surface area contributed by atoms with Gasteiger partial charge in [0.05, 0.1) is 11.2 Å². The molecule has 5 heteroatoms. The van der Waals surface area contributed by atoms with Crippen molar-refractivity contribution in [1.29, 1.82) is 0 Å². The van der Waals surface area contributed by atoms with Crippen LogP contribution in [0.2, 0.25) is 0 Å². The SMILES string of the molecule is CC(C)NCc1cc(Br)ccc1OCc1cscn1. The first kappa shape index (κ1) is 14.5. The molecule has 1 aromatic carbocycles. The molecule has 2 rings (SSSR count). The maximum Gasteiger partial charge on any atom is 0.131 e. The van der Waals surface area contributed by atoms with Gasteiger partial charge in [0.15, 0.2) is 0 Å². The van der Waals surface area contributed by atoms with Crippen LogP contribution in [0.5, 0.6) is 5.75 Å². The van der Waals surface area contributed by atoms with Gasteiger partial charge in [-0.05, 0) is 18.2 Å². The van der Waals surface area contributed by atoms with Gasteiger partial charge in [-0.1, -0.05) is 29.8 Å². The third kappa shape index (κ3) is 4.60. The third-order valence-electron chi connectivity index (χ3n) is 2.58. The summed E-state index contributed by atoms with van der Waals surface area (Å²) in [7, 11) is 0. The molecule has 0 saturated heterocycles. The van der Waals surface area contributed by atoms with Gasteiger partial charge in [-0.2, -0.15) is 0 Å². The Morgan fingerprint density at radius 2 is 2.26 bits per heavy atom. The minimum Gasteiger partial charge on any atom is -0.487 e.